The van der Waals surface area contributed by atoms with Gasteiger partial charge in [-0.25, -0.2) is 9.37 Å². The minimum atomic E-state index is -0.389. The molecule has 1 aliphatic rings. The Bertz CT molecular complexity index is 630. The van der Waals surface area contributed by atoms with E-state index in [-0.39, 0.29) is 5.82 Å². The maximum atomic E-state index is 13.9. The molecule has 0 atom stereocenters. The predicted molar refractivity (Wildman–Crippen MR) is 74.8 cm³/mol. The average Bonchev–Trinajstić information content (AvgIpc) is 2.38. The summed E-state index contributed by atoms with van der Waals surface area (Å²) in [6, 6.07) is 7.13. The summed E-state index contributed by atoms with van der Waals surface area (Å²) in [5, 5.41) is 0.308. The van der Waals surface area contributed by atoms with Gasteiger partial charge in [0.15, 0.2) is 11.6 Å². The predicted octanol–water partition coefficient (Wildman–Crippen LogP) is 3.02. The minimum Gasteiger partial charge on any atom is -0.398 e. The molecule has 1 aliphatic heterocycles. The summed E-state index contributed by atoms with van der Waals surface area (Å²) in [6.07, 6.45) is 2.26. The first-order valence-corrected chi connectivity index (χ1v) is 6.45. The lowest BCUT2D eigenvalue weighted by Crippen LogP contribution is -2.32. The molecule has 1 aromatic carbocycles. The third-order valence-corrected chi connectivity index (χ3v) is 3.60. The SMILES string of the molecule is Nc1cccc2c1CCN(c1ncc(Cl)cc1F)C2. The van der Waals surface area contributed by atoms with Gasteiger partial charge in [-0.15, -0.1) is 0 Å². The molecule has 1 aromatic heterocycles. The van der Waals surface area contributed by atoms with Crippen molar-refractivity contribution in [1.82, 2.24) is 4.98 Å². The number of fused-ring (bicyclic) bond motifs is 1. The van der Waals surface area contributed by atoms with Crippen molar-refractivity contribution < 1.29 is 4.39 Å². The highest BCUT2D eigenvalue weighted by molar-refractivity contribution is 6.30. The van der Waals surface area contributed by atoms with E-state index in [0.717, 1.165) is 23.2 Å². The number of nitrogen functional groups attached to an aromatic ring is 1. The zero-order valence-corrected chi connectivity index (χ0v) is 11.0. The highest BCUT2D eigenvalue weighted by Crippen LogP contribution is 2.28. The van der Waals surface area contributed by atoms with Crippen molar-refractivity contribution in [3.05, 3.63) is 52.4 Å². The first-order valence-electron chi connectivity index (χ1n) is 6.07. The zero-order chi connectivity index (χ0) is 13.4. The van der Waals surface area contributed by atoms with Gasteiger partial charge in [-0.05, 0) is 29.7 Å². The lowest BCUT2D eigenvalue weighted by Gasteiger charge is -2.30. The lowest BCUT2D eigenvalue weighted by molar-refractivity contribution is 0.601. The molecule has 0 saturated heterocycles. The molecule has 0 saturated carbocycles. The normalized spacial score (nSPS) is 14.3. The standard InChI is InChI=1S/C14H13ClFN3/c15-10-6-12(16)14(18-7-10)19-5-4-11-9(8-19)2-1-3-13(11)17/h1-3,6-7H,4-5,8,17H2. The molecule has 0 fully saturated rings. The van der Waals surface area contributed by atoms with E-state index in [4.69, 9.17) is 17.3 Å². The van der Waals surface area contributed by atoms with Crippen molar-refractivity contribution in [2.75, 3.05) is 17.2 Å². The number of hydrogen-bond acceptors (Lipinski definition) is 3. The van der Waals surface area contributed by atoms with Crippen LogP contribution < -0.4 is 10.6 Å². The smallest absolute Gasteiger partial charge is 0.167 e. The second-order valence-electron chi connectivity index (χ2n) is 4.62. The molecule has 0 radical (unpaired) electrons. The van der Waals surface area contributed by atoms with Gasteiger partial charge in [0.1, 0.15) is 0 Å². The molecule has 2 aromatic rings. The number of benzene rings is 1. The second-order valence-corrected chi connectivity index (χ2v) is 5.05. The number of rotatable bonds is 1. The third-order valence-electron chi connectivity index (χ3n) is 3.39. The zero-order valence-electron chi connectivity index (χ0n) is 10.2. The van der Waals surface area contributed by atoms with Gasteiger partial charge in [0.05, 0.1) is 5.02 Å². The van der Waals surface area contributed by atoms with Crippen LogP contribution >= 0.6 is 11.6 Å². The van der Waals surface area contributed by atoms with Crippen LogP contribution in [0.5, 0.6) is 0 Å². The fourth-order valence-corrected chi connectivity index (χ4v) is 2.60. The number of hydrogen-bond donors (Lipinski definition) is 1. The van der Waals surface area contributed by atoms with E-state index in [2.05, 4.69) is 4.98 Å². The molecular weight excluding hydrogens is 265 g/mol. The van der Waals surface area contributed by atoms with E-state index in [0.29, 0.717) is 23.9 Å². The molecule has 3 rings (SSSR count). The van der Waals surface area contributed by atoms with Gasteiger partial charge < -0.3 is 10.6 Å². The fourth-order valence-electron chi connectivity index (χ4n) is 2.46. The maximum absolute atomic E-state index is 13.9. The van der Waals surface area contributed by atoms with Crippen LogP contribution in [0.2, 0.25) is 5.02 Å². The molecule has 2 heterocycles. The number of anilines is 2. The van der Waals surface area contributed by atoms with Crippen LogP contribution in [0.1, 0.15) is 11.1 Å². The Morgan fingerprint density at radius 2 is 2.21 bits per heavy atom. The molecule has 0 spiro atoms. The minimum absolute atomic E-state index is 0.308. The van der Waals surface area contributed by atoms with Gasteiger partial charge in [-0.2, -0.15) is 0 Å². The second kappa shape index (κ2) is 4.70. The van der Waals surface area contributed by atoms with Gasteiger partial charge in [0, 0.05) is 25.0 Å². The molecule has 0 amide bonds. The van der Waals surface area contributed by atoms with Crippen LogP contribution in [0.3, 0.4) is 0 Å². The van der Waals surface area contributed by atoms with Crippen molar-refractivity contribution in [3.8, 4) is 0 Å². The van der Waals surface area contributed by atoms with Crippen molar-refractivity contribution in [3.63, 3.8) is 0 Å². The van der Waals surface area contributed by atoms with Crippen LogP contribution in [0, 0.1) is 5.82 Å². The average molecular weight is 278 g/mol. The summed E-state index contributed by atoms with van der Waals surface area (Å²) in [7, 11) is 0. The molecule has 19 heavy (non-hydrogen) atoms. The summed E-state index contributed by atoms with van der Waals surface area (Å²) >= 11 is 5.72. The Labute approximate surface area is 115 Å². The van der Waals surface area contributed by atoms with Gasteiger partial charge in [-0.1, -0.05) is 23.7 Å². The molecular formula is C14H13ClFN3. The van der Waals surface area contributed by atoms with E-state index < -0.39 is 0 Å². The van der Waals surface area contributed by atoms with Crippen LogP contribution in [0.25, 0.3) is 0 Å². The Kier molecular flexibility index (Phi) is 3.03. The summed E-state index contributed by atoms with van der Waals surface area (Å²) < 4.78 is 13.9. The summed E-state index contributed by atoms with van der Waals surface area (Å²) in [4.78, 5) is 5.99. The number of nitrogens with zero attached hydrogens (tertiary/aromatic N) is 2. The molecule has 98 valence electrons. The van der Waals surface area contributed by atoms with Crippen molar-refractivity contribution in [1.29, 1.82) is 0 Å². The van der Waals surface area contributed by atoms with Crippen molar-refractivity contribution in [2.45, 2.75) is 13.0 Å². The molecule has 0 bridgehead atoms. The summed E-state index contributed by atoms with van der Waals surface area (Å²) in [5.41, 5.74) is 9.04. The Morgan fingerprint density at radius 1 is 1.37 bits per heavy atom. The number of pyridine rings is 1. The third kappa shape index (κ3) is 2.24. The van der Waals surface area contributed by atoms with E-state index in [1.807, 2.05) is 23.1 Å². The Morgan fingerprint density at radius 3 is 3.00 bits per heavy atom. The van der Waals surface area contributed by atoms with Crippen molar-refractivity contribution >= 4 is 23.1 Å². The van der Waals surface area contributed by atoms with Gasteiger partial charge in [0.2, 0.25) is 0 Å². The van der Waals surface area contributed by atoms with Crippen LogP contribution in [0.4, 0.5) is 15.9 Å². The van der Waals surface area contributed by atoms with Gasteiger partial charge >= 0.3 is 0 Å². The molecule has 0 unspecified atom stereocenters. The van der Waals surface area contributed by atoms with Crippen LogP contribution in [-0.4, -0.2) is 11.5 Å². The topological polar surface area (TPSA) is 42.1 Å². The highest BCUT2D eigenvalue weighted by atomic mass is 35.5. The van der Waals surface area contributed by atoms with Gasteiger partial charge in [-0.3, -0.25) is 0 Å². The number of halogens is 2. The summed E-state index contributed by atoms with van der Waals surface area (Å²) in [6.45, 7) is 1.32. The Balaban J connectivity index is 1.93. The Hall–Kier alpha value is -1.81. The van der Waals surface area contributed by atoms with E-state index >= 15 is 0 Å². The molecule has 5 heteroatoms. The molecule has 3 nitrogen and oxygen atoms in total. The monoisotopic (exact) mass is 277 g/mol. The largest absolute Gasteiger partial charge is 0.398 e. The van der Waals surface area contributed by atoms with E-state index in [1.54, 1.807) is 0 Å². The van der Waals surface area contributed by atoms with Crippen LogP contribution in [-0.2, 0) is 13.0 Å². The first kappa shape index (κ1) is 12.2. The molecule has 2 N–H and O–H groups in total. The van der Waals surface area contributed by atoms with Crippen molar-refractivity contribution in [2.24, 2.45) is 0 Å². The van der Waals surface area contributed by atoms with E-state index in [1.165, 1.54) is 12.3 Å². The lowest BCUT2D eigenvalue weighted by atomic mass is 9.98. The maximum Gasteiger partial charge on any atom is 0.167 e. The summed E-state index contributed by atoms with van der Waals surface area (Å²) in [5.74, 6) is -0.0441. The number of aromatic nitrogens is 1. The molecule has 0 aliphatic carbocycles. The number of nitrogens with two attached hydrogens (primary N) is 1. The first-order chi connectivity index (χ1) is 9.15. The van der Waals surface area contributed by atoms with Crippen LogP contribution in [0.15, 0.2) is 30.5 Å². The van der Waals surface area contributed by atoms with E-state index in [9.17, 15) is 4.39 Å². The highest BCUT2D eigenvalue weighted by Gasteiger charge is 2.21. The fraction of sp³-hybridized carbons (Fsp3) is 0.214. The van der Waals surface area contributed by atoms with Gasteiger partial charge in [0.25, 0.3) is 0 Å². The quantitative estimate of drug-likeness (QED) is 0.815.